The van der Waals surface area contributed by atoms with E-state index < -0.39 is 0 Å². The van der Waals surface area contributed by atoms with Crippen LogP contribution in [0.25, 0.3) is 0 Å². The lowest BCUT2D eigenvalue weighted by atomic mass is 9.75. The van der Waals surface area contributed by atoms with Gasteiger partial charge in [0.2, 0.25) is 0 Å². The molecule has 1 spiro atoms. The Kier molecular flexibility index (Phi) is 6.55. The third kappa shape index (κ3) is 4.45. The second kappa shape index (κ2) is 7.97. The van der Waals surface area contributed by atoms with Crippen molar-refractivity contribution in [3.05, 3.63) is 0 Å². The minimum atomic E-state index is 0.495. The van der Waals surface area contributed by atoms with Gasteiger partial charge < -0.3 is 10.2 Å². The maximum atomic E-state index is 3.69. The third-order valence-corrected chi connectivity index (χ3v) is 6.57. The molecule has 1 aliphatic carbocycles. The number of likely N-dealkylation sites (tertiary alicyclic amines) is 1. The van der Waals surface area contributed by atoms with Crippen LogP contribution in [0.4, 0.5) is 0 Å². The summed E-state index contributed by atoms with van der Waals surface area (Å²) in [7, 11) is 0. The largest absolute Gasteiger partial charge is 0.316 e. The van der Waals surface area contributed by atoms with E-state index in [2.05, 4.69) is 31.0 Å². The van der Waals surface area contributed by atoms with E-state index >= 15 is 0 Å². The van der Waals surface area contributed by atoms with E-state index in [0.29, 0.717) is 5.41 Å². The minimum Gasteiger partial charge on any atom is -0.316 e. The van der Waals surface area contributed by atoms with Crippen LogP contribution >= 0.6 is 0 Å². The molecule has 0 radical (unpaired) electrons. The van der Waals surface area contributed by atoms with Gasteiger partial charge in [-0.2, -0.15) is 0 Å². The Labute approximate surface area is 133 Å². The van der Waals surface area contributed by atoms with Crippen molar-refractivity contribution in [2.45, 2.75) is 78.6 Å². The molecule has 2 nitrogen and oxygen atoms in total. The summed E-state index contributed by atoms with van der Waals surface area (Å²) in [5, 5.41) is 3.69. The number of rotatable bonds is 8. The highest BCUT2D eigenvalue weighted by molar-refractivity contribution is 4.92. The first-order chi connectivity index (χ1) is 10.2. The molecule has 0 atom stereocenters. The lowest BCUT2D eigenvalue weighted by Crippen LogP contribution is -2.47. The maximum absolute atomic E-state index is 3.69. The summed E-state index contributed by atoms with van der Waals surface area (Å²) < 4.78 is 0. The molecule has 0 aromatic carbocycles. The molecule has 1 saturated heterocycles. The Morgan fingerprint density at radius 2 is 1.57 bits per heavy atom. The molecule has 0 amide bonds. The van der Waals surface area contributed by atoms with Crippen LogP contribution < -0.4 is 5.32 Å². The van der Waals surface area contributed by atoms with Crippen LogP contribution in [0.3, 0.4) is 0 Å². The summed E-state index contributed by atoms with van der Waals surface area (Å²) >= 11 is 0. The first kappa shape index (κ1) is 17.3. The standard InChI is InChI=1S/C19H38N2/c1-4-13-20-16-18(5-2,6-3)17-21-14-11-19(12-15-21)9-7-8-10-19/h20H,4-17H2,1-3H3. The van der Waals surface area contributed by atoms with Gasteiger partial charge in [-0.15, -0.1) is 0 Å². The van der Waals surface area contributed by atoms with E-state index in [-0.39, 0.29) is 0 Å². The molecule has 1 heterocycles. The molecule has 0 aromatic heterocycles. The van der Waals surface area contributed by atoms with Crippen molar-refractivity contribution in [1.29, 1.82) is 0 Å². The molecule has 1 N–H and O–H groups in total. The van der Waals surface area contributed by atoms with E-state index in [1.54, 1.807) is 0 Å². The lowest BCUT2D eigenvalue weighted by Gasteiger charge is -2.44. The van der Waals surface area contributed by atoms with Gasteiger partial charge in [-0.3, -0.25) is 0 Å². The molecule has 0 aromatic rings. The Morgan fingerprint density at radius 3 is 2.10 bits per heavy atom. The summed E-state index contributed by atoms with van der Waals surface area (Å²) in [6, 6.07) is 0. The Morgan fingerprint density at radius 1 is 0.952 bits per heavy atom. The molecular weight excluding hydrogens is 256 g/mol. The molecule has 2 fully saturated rings. The smallest absolute Gasteiger partial charge is 0.00499 e. The van der Waals surface area contributed by atoms with Crippen molar-refractivity contribution in [3.63, 3.8) is 0 Å². The normalized spacial score (nSPS) is 23.0. The molecular formula is C19H38N2. The topological polar surface area (TPSA) is 15.3 Å². The molecule has 124 valence electrons. The summed E-state index contributed by atoms with van der Waals surface area (Å²) in [5.41, 5.74) is 1.26. The van der Waals surface area contributed by atoms with E-state index in [1.807, 2.05) is 0 Å². The average Bonchev–Trinajstić information content (AvgIpc) is 2.97. The second-order valence-corrected chi connectivity index (χ2v) is 7.87. The number of nitrogens with one attached hydrogen (secondary N) is 1. The van der Waals surface area contributed by atoms with Crippen molar-refractivity contribution in [1.82, 2.24) is 10.2 Å². The summed E-state index contributed by atoms with van der Waals surface area (Å²) in [6.45, 7) is 13.4. The summed E-state index contributed by atoms with van der Waals surface area (Å²) in [4.78, 5) is 2.78. The van der Waals surface area contributed by atoms with Crippen LogP contribution in [0.5, 0.6) is 0 Å². The first-order valence-corrected chi connectivity index (χ1v) is 9.61. The number of nitrogens with zero attached hydrogens (tertiary/aromatic N) is 1. The molecule has 21 heavy (non-hydrogen) atoms. The average molecular weight is 295 g/mol. The monoisotopic (exact) mass is 294 g/mol. The van der Waals surface area contributed by atoms with E-state index in [9.17, 15) is 0 Å². The molecule has 0 unspecified atom stereocenters. The van der Waals surface area contributed by atoms with Crippen LogP contribution in [-0.4, -0.2) is 37.6 Å². The second-order valence-electron chi connectivity index (χ2n) is 7.87. The number of hydrogen-bond donors (Lipinski definition) is 1. The Balaban J connectivity index is 1.83. The van der Waals surface area contributed by atoms with Crippen LogP contribution in [0.2, 0.25) is 0 Å². The lowest BCUT2D eigenvalue weighted by molar-refractivity contribution is 0.0631. The highest BCUT2D eigenvalue weighted by Crippen LogP contribution is 2.46. The van der Waals surface area contributed by atoms with Gasteiger partial charge in [0.15, 0.2) is 0 Å². The van der Waals surface area contributed by atoms with E-state index in [1.165, 1.54) is 90.5 Å². The predicted molar refractivity (Wildman–Crippen MR) is 92.8 cm³/mol. The molecule has 2 aliphatic rings. The fourth-order valence-corrected chi connectivity index (χ4v) is 4.59. The van der Waals surface area contributed by atoms with Crippen molar-refractivity contribution in [2.24, 2.45) is 10.8 Å². The van der Waals surface area contributed by atoms with Crippen molar-refractivity contribution in [3.8, 4) is 0 Å². The highest BCUT2D eigenvalue weighted by Gasteiger charge is 2.38. The first-order valence-electron chi connectivity index (χ1n) is 9.61. The zero-order valence-corrected chi connectivity index (χ0v) is 14.8. The van der Waals surface area contributed by atoms with Gasteiger partial charge in [-0.25, -0.2) is 0 Å². The number of hydrogen-bond acceptors (Lipinski definition) is 2. The van der Waals surface area contributed by atoms with E-state index in [0.717, 1.165) is 5.41 Å². The summed E-state index contributed by atoms with van der Waals surface area (Å²) in [6.07, 6.45) is 12.8. The van der Waals surface area contributed by atoms with Crippen LogP contribution in [0.1, 0.15) is 78.6 Å². The highest BCUT2D eigenvalue weighted by atomic mass is 15.1. The van der Waals surface area contributed by atoms with Gasteiger partial charge in [-0.1, -0.05) is 33.6 Å². The fraction of sp³-hybridized carbons (Fsp3) is 1.00. The maximum Gasteiger partial charge on any atom is 0.00499 e. The van der Waals surface area contributed by atoms with Crippen molar-refractivity contribution < 1.29 is 0 Å². The molecule has 2 heteroatoms. The summed E-state index contributed by atoms with van der Waals surface area (Å²) in [5.74, 6) is 0. The predicted octanol–water partition coefficient (Wildman–Crippen LogP) is 4.45. The minimum absolute atomic E-state index is 0.495. The van der Waals surface area contributed by atoms with Crippen molar-refractivity contribution >= 4 is 0 Å². The van der Waals surface area contributed by atoms with Gasteiger partial charge in [0.05, 0.1) is 0 Å². The Bertz CT molecular complexity index is 280. The van der Waals surface area contributed by atoms with Gasteiger partial charge in [-0.05, 0) is 75.4 Å². The van der Waals surface area contributed by atoms with Crippen molar-refractivity contribution in [2.75, 3.05) is 32.7 Å². The molecule has 1 saturated carbocycles. The Hall–Kier alpha value is -0.0800. The van der Waals surface area contributed by atoms with Crippen LogP contribution in [0, 0.1) is 10.8 Å². The van der Waals surface area contributed by atoms with Crippen LogP contribution in [-0.2, 0) is 0 Å². The fourth-order valence-electron chi connectivity index (χ4n) is 4.59. The molecule has 1 aliphatic heterocycles. The zero-order chi connectivity index (χ0) is 15.2. The quantitative estimate of drug-likeness (QED) is 0.665. The van der Waals surface area contributed by atoms with Gasteiger partial charge in [0, 0.05) is 13.1 Å². The zero-order valence-electron chi connectivity index (χ0n) is 14.8. The SMILES string of the molecule is CCCNCC(CC)(CC)CN1CCC2(CCCC2)CC1. The third-order valence-electron chi connectivity index (χ3n) is 6.57. The van der Waals surface area contributed by atoms with Gasteiger partial charge in [0.1, 0.15) is 0 Å². The number of piperidine rings is 1. The van der Waals surface area contributed by atoms with Gasteiger partial charge in [0.25, 0.3) is 0 Å². The molecule has 0 bridgehead atoms. The van der Waals surface area contributed by atoms with E-state index in [4.69, 9.17) is 0 Å². The molecule has 2 rings (SSSR count). The van der Waals surface area contributed by atoms with Gasteiger partial charge >= 0.3 is 0 Å². The van der Waals surface area contributed by atoms with Crippen LogP contribution in [0.15, 0.2) is 0 Å².